The highest BCUT2D eigenvalue weighted by Gasteiger charge is 2.21. The molecule has 0 amide bonds. The molecule has 2 aromatic rings. The largest absolute Gasteiger partial charge is 0.469 e. The third-order valence-corrected chi connectivity index (χ3v) is 3.50. The predicted molar refractivity (Wildman–Crippen MR) is 78.9 cm³/mol. The molecule has 1 fully saturated rings. The zero-order valence-corrected chi connectivity index (χ0v) is 12.2. The summed E-state index contributed by atoms with van der Waals surface area (Å²) in [6, 6.07) is 6.83. The second kappa shape index (κ2) is 7.29. The van der Waals surface area contributed by atoms with Crippen LogP contribution in [0.2, 0.25) is 0 Å². The lowest BCUT2D eigenvalue weighted by Gasteiger charge is -2.23. The lowest BCUT2D eigenvalue weighted by molar-refractivity contribution is 0.0680. The Labute approximate surface area is 128 Å². The van der Waals surface area contributed by atoms with E-state index in [1.54, 1.807) is 30.7 Å². The van der Waals surface area contributed by atoms with E-state index >= 15 is 0 Å². The van der Waals surface area contributed by atoms with E-state index in [-0.39, 0.29) is 11.9 Å². The quantitative estimate of drug-likeness (QED) is 0.863. The van der Waals surface area contributed by atoms with Crippen LogP contribution in [0.3, 0.4) is 0 Å². The molecular formula is C16H18FN3O2. The van der Waals surface area contributed by atoms with E-state index in [0.717, 1.165) is 6.54 Å². The molecule has 0 radical (unpaired) electrons. The first-order chi connectivity index (χ1) is 10.8. The molecule has 22 heavy (non-hydrogen) atoms. The molecule has 1 atom stereocenters. The van der Waals surface area contributed by atoms with Crippen molar-refractivity contribution in [1.29, 1.82) is 0 Å². The van der Waals surface area contributed by atoms with Crippen molar-refractivity contribution in [3.8, 4) is 5.88 Å². The molecule has 1 unspecified atom stereocenters. The summed E-state index contributed by atoms with van der Waals surface area (Å²) in [7, 11) is 0. The molecule has 0 N–H and O–H groups in total. The Kier molecular flexibility index (Phi) is 4.92. The minimum absolute atomic E-state index is 0.147. The van der Waals surface area contributed by atoms with Gasteiger partial charge in [-0.05, 0) is 6.07 Å². The molecule has 3 rings (SSSR count). The molecule has 2 heterocycles. The van der Waals surface area contributed by atoms with E-state index < -0.39 is 0 Å². The van der Waals surface area contributed by atoms with Gasteiger partial charge in [-0.25, -0.2) is 9.37 Å². The molecule has 0 spiro atoms. The Morgan fingerprint density at radius 2 is 2.23 bits per heavy atom. The van der Waals surface area contributed by atoms with Crippen LogP contribution in [0.1, 0.15) is 5.56 Å². The first-order valence-corrected chi connectivity index (χ1v) is 7.27. The number of aromatic nitrogens is 2. The van der Waals surface area contributed by atoms with E-state index in [1.807, 2.05) is 6.07 Å². The van der Waals surface area contributed by atoms with E-state index in [0.29, 0.717) is 37.7 Å². The van der Waals surface area contributed by atoms with Crippen LogP contribution in [0.25, 0.3) is 0 Å². The van der Waals surface area contributed by atoms with Crippen molar-refractivity contribution in [3.05, 3.63) is 54.2 Å². The van der Waals surface area contributed by atoms with Crippen molar-refractivity contribution in [2.45, 2.75) is 12.6 Å². The second-order valence-electron chi connectivity index (χ2n) is 5.18. The summed E-state index contributed by atoms with van der Waals surface area (Å²) in [6.45, 7) is 3.04. The molecule has 1 saturated heterocycles. The van der Waals surface area contributed by atoms with Gasteiger partial charge in [-0.1, -0.05) is 18.2 Å². The van der Waals surface area contributed by atoms with Crippen LogP contribution in [0, 0.1) is 5.82 Å². The maximum atomic E-state index is 13.8. The summed E-state index contributed by atoms with van der Waals surface area (Å²) in [6.07, 6.45) is 4.61. The first-order valence-electron chi connectivity index (χ1n) is 7.27. The summed E-state index contributed by atoms with van der Waals surface area (Å²) in [4.78, 5) is 10.2. The van der Waals surface area contributed by atoms with Gasteiger partial charge < -0.3 is 9.47 Å². The van der Waals surface area contributed by atoms with E-state index in [2.05, 4.69) is 14.9 Å². The topological polar surface area (TPSA) is 47.5 Å². The fourth-order valence-corrected chi connectivity index (χ4v) is 2.44. The maximum absolute atomic E-state index is 13.8. The standard InChI is InChI=1S/C16H18FN3O2/c17-15-4-2-1-3-13(15)10-20-7-8-21-12-14(11-20)22-16-9-18-5-6-19-16/h1-6,9,14H,7-8,10-12H2. The molecule has 1 aromatic heterocycles. The highest BCUT2D eigenvalue weighted by Crippen LogP contribution is 2.14. The lowest BCUT2D eigenvalue weighted by atomic mass is 10.2. The van der Waals surface area contributed by atoms with E-state index in [1.165, 1.54) is 6.07 Å². The predicted octanol–water partition coefficient (Wildman–Crippen LogP) is 1.90. The number of ether oxygens (including phenoxy) is 2. The Hall–Kier alpha value is -2.05. The number of hydrogen-bond acceptors (Lipinski definition) is 5. The molecule has 1 aliphatic rings. The minimum atomic E-state index is -0.181. The van der Waals surface area contributed by atoms with Crippen LogP contribution in [-0.2, 0) is 11.3 Å². The Morgan fingerprint density at radius 3 is 3.05 bits per heavy atom. The third kappa shape index (κ3) is 3.99. The number of nitrogens with zero attached hydrogens (tertiary/aromatic N) is 3. The normalized spacial score (nSPS) is 19.6. The highest BCUT2D eigenvalue weighted by molar-refractivity contribution is 5.17. The average molecular weight is 303 g/mol. The summed E-state index contributed by atoms with van der Waals surface area (Å²) in [5.41, 5.74) is 0.683. The summed E-state index contributed by atoms with van der Waals surface area (Å²) in [5, 5.41) is 0. The maximum Gasteiger partial charge on any atom is 0.232 e. The zero-order valence-electron chi connectivity index (χ0n) is 12.2. The second-order valence-corrected chi connectivity index (χ2v) is 5.18. The van der Waals surface area contributed by atoms with Gasteiger partial charge in [0, 0.05) is 37.6 Å². The molecule has 5 nitrogen and oxygen atoms in total. The lowest BCUT2D eigenvalue weighted by Crippen LogP contribution is -2.36. The number of hydrogen-bond donors (Lipinski definition) is 0. The number of halogens is 1. The average Bonchev–Trinajstić information content (AvgIpc) is 2.76. The van der Waals surface area contributed by atoms with Crippen molar-refractivity contribution in [2.24, 2.45) is 0 Å². The van der Waals surface area contributed by atoms with Crippen LogP contribution in [0.15, 0.2) is 42.9 Å². The first kappa shape index (κ1) is 14.9. The van der Waals surface area contributed by atoms with E-state index in [4.69, 9.17) is 9.47 Å². The summed E-state index contributed by atoms with van der Waals surface area (Å²) in [5.74, 6) is 0.294. The van der Waals surface area contributed by atoms with Gasteiger partial charge in [0.15, 0.2) is 0 Å². The van der Waals surface area contributed by atoms with Crippen molar-refractivity contribution in [3.63, 3.8) is 0 Å². The Bertz CT molecular complexity index is 597. The van der Waals surface area contributed by atoms with Gasteiger partial charge in [-0.15, -0.1) is 0 Å². The number of rotatable bonds is 4. The fourth-order valence-electron chi connectivity index (χ4n) is 2.44. The van der Waals surface area contributed by atoms with Crippen LogP contribution in [0.4, 0.5) is 4.39 Å². The smallest absolute Gasteiger partial charge is 0.232 e. The van der Waals surface area contributed by atoms with Crippen molar-refractivity contribution >= 4 is 0 Å². The highest BCUT2D eigenvalue weighted by atomic mass is 19.1. The molecule has 0 bridgehead atoms. The molecule has 116 valence electrons. The molecule has 1 aliphatic heterocycles. The van der Waals surface area contributed by atoms with Crippen LogP contribution >= 0.6 is 0 Å². The van der Waals surface area contributed by atoms with Gasteiger partial charge in [0.05, 0.1) is 19.4 Å². The van der Waals surface area contributed by atoms with Gasteiger partial charge in [-0.3, -0.25) is 9.88 Å². The van der Waals surface area contributed by atoms with Crippen LogP contribution in [-0.4, -0.2) is 47.3 Å². The molecule has 6 heteroatoms. The Balaban J connectivity index is 1.64. The molecular weight excluding hydrogens is 285 g/mol. The summed E-state index contributed by atoms with van der Waals surface area (Å²) >= 11 is 0. The van der Waals surface area contributed by atoms with Gasteiger partial charge in [-0.2, -0.15) is 0 Å². The zero-order chi connectivity index (χ0) is 15.2. The van der Waals surface area contributed by atoms with Gasteiger partial charge in [0.1, 0.15) is 11.9 Å². The third-order valence-electron chi connectivity index (χ3n) is 3.50. The molecule has 1 aromatic carbocycles. The SMILES string of the molecule is Fc1ccccc1CN1CCOCC(Oc2cnccn2)C1. The monoisotopic (exact) mass is 303 g/mol. The van der Waals surface area contributed by atoms with Gasteiger partial charge >= 0.3 is 0 Å². The van der Waals surface area contributed by atoms with Crippen LogP contribution < -0.4 is 4.74 Å². The van der Waals surface area contributed by atoms with Crippen LogP contribution in [0.5, 0.6) is 5.88 Å². The van der Waals surface area contributed by atoms with Crippen molar-refractivity contribution in [1.82, 2.24) is 14.9 Å². The van der Waals surface area contributed by atoms with E-state index in [9.17, 15) is 4.39 Å². The Morgan fingerprint density at radius 1 is 1.32 bits per heavy atom. The fraction of sp³-hybridized carbons (Fsp3) is 0.375. The van der Waals surface area contributed by atoms with Crippen molar-refractivity contribution < 1.29 is 13.9 Å². The minimum Gasteiger partial charge on any atom is -0.469 e. The molecule has 0 aliphatic carbocycles. The number of benzene rings is 1. The molecule has 0 saturated carbocycles. The summed E-state index contributed by atoms with van der Waals surface area (Å²) < 4.78 is 25.2. The van der Waals surface area contributed by atoms with Crippen molar-refractivity contribution in [2.75, 3.05) is 26.3 Å². The van der Waals surface area contributed by atoms with Gasteiger partial charge in [0.25, 0.3) is 0 Å². The van der Waals surface area contributed by atoms with Gasteiger partial charge in [0.2, 0.25) is 5.88 Å².